The van der Waals surface area contributed by atoms with Crippen LogP contribution in [0.2, 0.25) is 0 Å². The SMILES string of the molecule is COCCn1cc(-n2nnc3cnc(C[C@@H]4CC[C@@H](C(N)=O)C4)nc32)cn1. The van der Waals surface area contributed by atoms with Gasteiger partial charge in [0.25, 0.3) is 0 Å². The zero-order valence-corrected chi connectivity index (χ0v) is 15.2. The van der Waals surface area contributed by atoms with Crippen LogP contribution in [0.25, 0.3) is 16.9 Å². The van der Waals surface area contributed by atoms with Crippen LogP contribution >= 0.6 is 0 Å². The molecule has 27 heavy (non-hydrogen) atoms. The third kappa shape index (κ3) is 3.65. The highest BCUT2D eigenvalue weighted by Crippen LogP contribution is 2.32. The Bertz CT molecular complexity index is 949. The molecule has 1 amide bonds. The molecule has 1 fully saturated rings. The van der Waals surface area contributed by atoms with Crippen molar-refractivity contribution >= 4 is 17.1 Å². The second-order valence-electron chi connectivity index (χ2n) is 6.93. The maximum atomic E-state index is 11.4. The van der Waals surface area contributed by atoms with Crippen LogP contribution in [0.15, 0.2) is 18.6 Å². The van der Waals surface area contributed by atoms with E-state index in [4.69, 9.17) is 10.5 Å². The normalized spacial score (nSPS) is 19.7. The van der Waals surface area contributed by atoms with E-state index in [9.17, 15) is 4.79 Å². The minimum absolute atomic E-state index is 0.0242. The number of fused-ring (bicyclic) bond motifs is 1. The number of carbonyl (C=O) groups is 1. The molecule has 4 rings (SSSR count). The van der Waals surface area contributed by atoms with Crippen molar-refractivity contribution in [1.29, 1.82) is 0 Å². The predicted molar refractivity (Wildman–Crippen MR) is 95.8 cm³/mol. The number of hydrogen-bond acceptors (Lipinski definition) is 7. The Labute approximate surface area is 155 Å². The number of rotatable bonds is 7. The van der Waals surface area contributed by atoms with E-state index in [1.807, 2.05) is 6.20 Å². The van der Waals surface area contributed by atoms with Crippen molar-refractivity contribution in [3.8, 4) is 5.69 Å². The molecule has 3 heterocycles. The molecule has 2 atom stereocenters. The first-order valence-electron chi connectivity index (χ1n) is 9.02. The highest BCUT2D eigenvalue weighted by molar-refractivity contribution is 5.76. The number of aromatic nitrogens is 7. The Morgan fingerprint density at radius 2 is 2.26 bits per heavy atom. The van der Waals surface area contributed by atoms with Crippen LogP contribution in [0.4, 0.5) is 0 Å². The summed E-state index contributed by atoms with van der Waals surface area (Å²) in [7, 11) is 1.66. The van der Waals surface area contributed by atoms with E-state index in [0.29, 0.717) is 30.2 Å². The highest BCUT2D eigenvalue weighted by atomic mass is 16.5. The Morgan fingerprint density at radius 1 is 1.37 bits per heavy atom. The lowest BCUT2D eigenvalue weighted by Crippen LogP contribution is -2.21. The molecule has 0 aromatic carbocycles. The van der Waals surface area contributed by atoms with Gasteiger partial charge in [0.15, 0.2) is 11.2 Å². The lowest BCUT2D eigenvalue weighted by atomic mass is 10.0. The molecule has 142 valence electrons. The molecule has 2 N–H and O–H groups in total. The molecule has 10 heteroatoms. The first kappa shape index (κ1) is 17.5. The predicted octanol–water partition coefficient (Wildman–Crippen LogP) is 0.498. The number of nitrogens with two attached hydrogens (primary N) is 1. The van der Waals surface area contributed by atoms with Crippen LogP contribution in [0.3, 0.4) is 0 Å². The molecule has 0 aliphatic heterocycles. The summed E-state index contributed by atoms with van der Waals surface area (Å²) in [6.07, 6.45) is 8.64. The van der Waals surface area contributed by atoms with Gasteiger partial charge in [-0.05, 0) is 25.2 Å². The summed E-state index contributed by atoms with van der Waals surface area (Å²) in [6.45, 7) is 1.24. The summed E-state index contributed by atoms with van der Waals surface area (Å²) in [6, 6.07) is 0. The van der Waals surface area contributed by atoms with Crippen LogP contribution in [0.5, 0.6) is 0 Å². The number of hydrogen-bond donors (Lipinski definition) is 1. The lowest BCUT2D eigenvalue weighted by Gasteiger charge is -2.08. The average Bonchev–Trinajstić information content (AvgIpc) is 3.39. The van der Waals surface area contributed by atoms with E-state index in [-0.39, 0.29) is 11.8 Å². The van der Waals surface area contributed by atoms with Gasteiger partial charge in [0.05, 0.1) is 31.7 Å². The van der Waals surface area contributed by atoms with E-state index in [2.05, 4.69) is 25.4 Å². The van der Waals surface area contributed by atoms with Gasteiger partial charge in [0.1, 0.15) is 11.5 Å². The minimum Gasteiger partial charge on any atom is -0.383 e. The molecule has 3 aromatic rings. The third-order valence-corrected chi connectivity index (χ3v) is 5.05. The number of amides is 1. The zero-order valence-electron chi connectivity index (χ0n) is 15.2. The molecule has 1 aliphatic carbocycles. The zero-order chi connectivity index (χ0) is 18.8. The van der Waals surface area contributed by atoms with Gasteiger partial charge in [0.2, 0.25) is 5.91 Å². The molecule has 0 bridgehead atoms. The fourth-order valence-corrected chi connectivity index (χ4v) is 3.58. The van der Waals surface area contributed by atoms with Crippen LogP contribution < -0.4 is 5.73 Å². The van der Waals surface area contributed by atoms with Gasteiger partial charge in [-0.3, -0.25) is 9.48 Å². The highest BCUT2D eigenvalue weighted by Gasteiger charge is 2.29. The van der Waals surface area contributed by atoms with Gasteiger partial charge in [0, 0.05) is 19.4 Å². The van der Waals surface area contributed by atoms with Crippen molar-refractivity contribution in [2.45, 2.75) is 32.2 Å². The Kier molecular flexibility index (Phi) is 4.80. The Hall–Kier alpha value is -2.88. The van der Waals surface area contributed by atoms with Crippen LogP contribution in [-0.4, -0.2) is 54.4 Å². The van der Waals surface area contributed by atoms with Crippen molar-refractivity contribution < 1.29 is 9.53 Å². The van der Waals surface area contributed by atoms with Crippen LogP contribution in [0, 0.1) is 11.8 Å². The lowest BCUT2D eigenvalue weighted by molar-refractivity contribution is -0.121. The quantitative estimate of drug-likeness (QED) is 0.641. The molecule has 3 aromatic heterocycles. The van der Waals surface area contributed by atoms with E-state index >= 15 is 0 Å². The number of ether oxygens (including phenoxy) is 1. The fourth-order valence-electron chi connectivity index (χ4n) is 3.58. The van der Waals surface area contributed by atoms with Crippen LogP contribution in [0.1, 0.15) is 25.1 Å². The number of carbonyl (C=O) groups excluding carboxylic acids is 1. The molecular weight excluding hydrogens is 348 g/mol. The summed E-state index contributed by atoms with van der Waals surface area (Å²) in [4.78, 5) is 20.4. The second kappa shape index (κ2) is 7.39. The molecule has 0 unspecified atom stereocenters. The van der Waals surface area contributed by atoms with Crippen molar-refractivity contribution in [1.82, 2.24) is 34.7 Å². The fraction of sp³-hybridized carbons (Fsp3) is 0.529. The van der Waals surface area contributed by atoms with Gasteiger partial charge < -0.3 is 10.5 Å². The van der Waals surface area contributed by atoms with Crippen molar-refractivity contribution in [2.24, 2.45) is 17.6 Å². The van der Waals surface area contributed by atoms with E-state index in [0.717, 1.165) is 37.2 Å². The smallest absolute Gasteiger partial charge is 0.220 e. The summed E-state index contributed by atoms with van der Waals surface area (Å²) in [5.74, 6) is 0.875. The topological polar surface area (TPSA) is 127 Å². The first-order chi connectivity index (χ1) is 13.1. The molecular formula is C17H22N8O2. The third-order valence-electron chi connectivity index (χ3n) is 5.05. The summed E-state index contributed by atoms with van der Waals surface area (Å²) < 4.78 is 8.53. The van der Waals surface area contributed by atoms with E-state index in [1.165, 1.54) is 0 Å². The summed E-state index contributed by atoms with van der Waals surface area (Å²) >= 11 is 0. The molecule has 0 spiro atoms. The van der Waals surface area contributed by atoms with Crippen LogP contribution in [-0.2, 0) is 22.5 Å². The van der Waals surface area contributed by atoms with Gasteiger partial charge in [-0.2, -0.15) is 9.78 Å². The standard InChI is InChI=1S/C17H22N8O2/c1-27-5-4-24-10-13(8-20-24)25-17-14(22-23-25)9-19-15(21-17)7-11-2-3-12(6-11)16(18)26/h8-12H,2-7H2,1H3,(H2,18,26)/t11-,12-/m1/s1. The largest absolute Gasteiger partial charge is 0.383 e. The molecule has 1 aliphatic rings. The maximum Gasteiger partial charge on any atom is 0.220 e. The minimum atomic E-state index is -0.207. The van der Waals surface area contributed by atoms with Gasteiger partial charge in [-0.25, -0.2) is 9.97 Å². The summed E-state index contributed by atoms with van der Waals surface area (Å²) in [5, 5.41) is 12.6. The van der Waals surface area contributed by atoms with Crippen molar-refractivity contribution in [3.63, 3.8) is 0 Å². The van der Waals surface area contributed by atoms with Gasteiger partial charge in [-0.15, -0.1) is 5.10 Å². The first-order valence-corrected chi connectivity index (χ1v) is 9.02. The number of primary amides is 1. The number of nitrogens with zero attached hydrogens (tertiary/aromatic N) is 7. The number of methoxy groups -OCH3 is 1. The Balaban J connectivity index is 1.54. The molecule has 1 saturated carbocycles. The average molecular weight is 370 g/mol. The Morgan fingerprint density at radius 3 is 3.04 bits per heavy atom. The maximum absolute atomic E-state index is 11.4. The molecule has 10 nitrogen and oxygen atoms in total. The van der Waals surface area contributed by atoms with Gasteiger partial charge >= 0.3 is 0 Å². The summed E-state index contributed by atoms with van der Waals surface area (Å²) in [5.41, 5.74) is 7.49. The monoisotopic (exact) mass is 370 g/mol. The second-order valence-corrected chi connectivity index (χ2v) is 6.93. The molecule has 0 saturated heterocycles. The molecule has 0 radical (unpaired) electrons. The van der Waals surface area contributed by atoms with Crippen molar-refractivity contribution in [2.75, 3.05) is 13.7 Å². The van der Waals surface area contributed by atoms with Crippen molar-refractivity contribution in [3.05, 3.63) is 24.4 Å². The van der Waals surface area contributed by atoms with Gasteiger partial charge in [-0.1, -0.05) is 5.21 Å². The van der Waals surface area contributed by atoms with E-state index in [1.54, 1.807) is 28.9 Å². The van der Waals surface area contributed by atoms with E-state index < -0.39 is 0 Å².